The summed E-state index contributed by atoms with van der Waals surface area (Å²) in [4.78, 5) is -0.110. The maximum atomic E-state index is 15.6. The Hall–Kier alpha value is -2.09. The highest BCUT2D eigenvalue weighted by Crippen LogP contribution is 2.31. The van der Waals surface area contributed by atoms with Crippen molar-refractivity contribution < 1.29 is 17.0 Å². The highest BCUT2D eigenvalue weighted by atomic mass is 32.2. The van der Waals surface area contributed by atoms with Gasteiger partial charge < -0.3 is 0 Å². The minimum absolute atomic E-state index is 0.110. The van der Waals surface area contributed by atoms with Gasteiger partial charge in [0.15, 0.2) is 0 Å². The summed E-state index contributed by atoms with van der Waals surface area (Å²) in [5, 5.41) is 1.80. The molecule has 0 spiro atoms. The van der Waals surface area contributed by atoms with Gasteiger partial charge in [-0.25, -0.2) is 21.7 Å². The maximum absolute atomic E-state index is 15.6. The molecule has 0 fully saturated rings. The van der Waals surface area contributed by atoms with Gasteiger partial charge in [0.1, 0.15) is 0 Å². The molecule has 0 aliphatic rings. The van der Waals surface area contributed by atoms with Crippen LogP contribution in [0.3, 0.4) is 0 Å². The zero-order valence-corrected chi connectivity index (χ0v) is 18.1. The van der Waals surface area contributed by atoms with Crippen LogP contribution < -0.4 is 4.72 Å². The van der Waals surface area contributed by atoms with Gasteiger partial charge in [-0.2, -0.15) is 0 Å². The van der Waals surface area contributed by atoms with E-state index >= 15 is 4.39 Å². The highest BCUT2D eigenvalue weighted by Gasteiger charge is 2.38. The van der Waals surface area contributed by atoms with Gasteiger partial charge in [-0.05, 0) is 55.3 Å². The number of sulfone groups is 1. The number of fused-ring (bicyclic) bond motifs is 1. The fourth-order valence-corrected chi connectivity index (χ4v) is 5.19. The third-order valence-corrected chi connectivity index (χ3v) is 7.93. The van der Waals surface area contributed by atoms with Gasteiger partial charge in [0, 0.05) is 0 Å². The van der Waals surface area contributed by atoms with Crippen LogP contribution in [0, 0.1) is 0 Å². The topological polar surface area (TPSA) is 63.2 Å². The number of nitrogens with one attached hydrogen (secondary N) is 1. The summed E-state index contributed by atoms with van der Waals surface area (Å²) in [5.41, 5.74) is -1.88. The van der Waals surface area contributed by atoms with E-state index in [0.717, 1.165) is 10.8 Å². The Morgan fingerprint density at radius 2 is 1.48 bits per heavy atom. The lowest BCUT2D eigenvalue weighted by Crippen LogP contribution is -2.41. The molecule has 0 unspecified atom stereocenters. The zero-order valence-electron chi connectivity index (χ0n) is 16.5. The average Bonchev–Trinajstić information content (AvgIpc) is 2.71. The molecule has 0 aromatic heterocycles. The minimum Gasteiger partial charge on any atom is -0.242 e. The summed E-state index contributed by atoms with van der Waals surface area (Å²) in [6.45, 7) is 5.23. The standard InChI is InChI=1S/C22H24FNO3S2/c1-22(2,3)28(25)24-20(18-14-13-16-9-7-8-10-17(16)15-18)21(23)29(26,27)19-11-5-4-6-12-19/h4-15,20-21,24H,1-3H3/t20-,21-,28+/m0/s1. The van der Waals surface area contributed by atoms with E-state index in [2.05, 4.69) is 4.72 Å². The van der Waals surface area contributed by atoms with Crippen molar-refractivity contribution in [2.75, 3.05) is 0 Å². The second kappa shape index (κ2) is 8.34. The van der Waals surface area contributed by atoms with Crippen LogP contribution >= 0.6 is 0 Å². The first kappa shape index (κ1) is 21.6. The maximum Gasteiger partial charge on any atom is 0.225 e. The molecular weight excluding hydrogens is 409 g/mol. The van der Waals surface area contributed by atoms with Crippen molar-refractivity contribution >= 4 is 31.6 Å². The fourth-order valence-electron chi connectivity index (χ4n) is 2.89. The Bertz CT molecular complexity index is 1130. The predicted molar refractivity (Wildman–Crippen MR) is 116 cm³/mol. The van der Waals surface area contributed by atoms with Gasteiger partial charge >= 0.3 is 0 Å². The van der Waals surface area contributed by atoms with Crippen LogP contribution in [0.5, 0.6) is 0 Å². The van der Waals surface area contributed by atoms with E-state index in [0.29, 0.717) is 5.56 Å². The molecule has 0 saturated heterocycles. The summed E-state index contributed by atoms with van der Waals surface area (Å²) >= 11 is 0. The molecule has 1 N–H and O–H groups in total. The van der Waals surface area contributed by atoms with Crippen LogP contribution in [0.25, 0.3) is 10.8 Å². The first-order valence-corrected chi connectivity index (χ1v) is 11.9. The van der Waals surface area contributed by atoms with Crippen LogP contribution in [0.2, 0.25) is 0 Å². The van der Waals surface area contributed by atoms with E-state index in [1.807, 2.05) is 24.3 Å². The minimum atomic E-state index is -4.29. The molecule has 0 radical (unpaired) electrons. The van der Waals surface area contributed by atoms with Gasteiger partial charge in [-0.3, -0.25) is 0 Å². The molecule has 4 nitrogen and oxygen atoms in total. The Morgan fingerprint density at radius 3 is 2.10 bits per heavy atom. The Balaban J connectivity index is 2.08. The quantitative estimate of drug-likeness (QED) is 0.613. The molecule has 0 aliphatic heterocycles. The van der Waals surface area contributed by atoms with Crippen LogP contribution in [0.4, 0.5) is 4.39 Å². The van der Waals surface area contributed by atoms with Crippen LogP contribution in [0.15, 0.2) is 77.7 Å². The third kappa shape index (κ3) is 4.74. The first-order chi connectivity index (χ1) is 13.6. The van der Waals surface area contributed by atoms with Crippen molar-refractivity contribution in [1.82, 2.24) is 4.72 Å². The second-order valence-electron chi connectivity index (χ2n) is 7.79. The molecule has 3 atom stereocenters. The molecule has 7 heteroatoms. The Kier molecular flexibility index (Phi) is 6.22. The average molecular weight is 434 g/mol. The summed E-state index contributed by atoms with van der Waals surface area (Å²) in [6.07, 6.45) is 0. The monoisotopic (exact) mass is 433 g/mol. The Morgan fingerprint density at radius 1 is 0.897 bits per heavy atom. The lowest BCUT2D eigenvalue weighted by Gasteiger charge is -2.27. The molecule has 154 valence electrons. The van der Waals surface area contributed by atoms with Gasteiger partial charge in [-0.1, -0.05) is 54.6 Å². The molecule has 0 bridgehead atoms. The van der Waals surface area contributed by atoms with Gasteiger partial charge in [0.25, 0.3) is 0 Å². The highest BCUT2D eigenvalue weighted by molar-refractivity contribution is 7.92. The van der Waals surface area contributed by atoms with Crippen molar-refractivity contribution in [2.24, 2.45) is 0 Å². The summed E-state index contributed by atoms with van der Waals surface area (Å²) < 4.78 is 56.2. The van der Waals surface area contributed by atoms with Crippen LogP contribution in [0.1, 0.15) is 32.4 Å². The zero-order chi connectivity index (χ0) is 21.2. The number of alkyl halides is 1. The van der Waals surface area contributed by atoms with E-state index in [1.165, 1.54) is 12.1 Å². The molecule has 0 amide bonds. The van der Waals surface area contributed by atoms with Crippen molar-refractivity contribution in [3.63, 3.8) is 0 Å². The molecule has 0 saturated carbocycles. The molecule has 0 heterocycles. The molecule has 3 aromatic carbocycles. The van der Waals surface area contributed by atoms with Crippen molar-refractivity contribution in [3.05, 3.63) is 78.4 Å². The fraction of sp³-hybridized carbons (Fsp3) is 0.273. The summed E-state index contributed by atoms with van der Waals surface area (Å²) in [7, 11) is -5.96. The summed E-state index contributed by atoms with van der Waals surface area (Å²) in [5.74, 6) is 0. The predicted octanol–water partition coefficient (Wildman–Crippen LogP) is 4.70. The van der Waals surface area contributed by atoms with Crippen LogP contribution in [-0.2, 0) is 20.8 Å². The molecular formula is C22H24FNO3S2. The SMILES string of the molecule is CC(C)(C)[S@@](=O)N[C@@H](c1ccc2ccccc2c1)[C@@H](F)S(=O)(=O)c1ccccc1. The smallest absolute Gasteiger partial charge is 0.225 e. The molecule has 0 aliphatic carbocycles. The largest absolute Gasteiger partial charge is 0.242 e. The van der Waals surface area contributed by atoms with Gasteiger partial charge in [0.05, 0.1) is 26.7 Å². The number of hydrogen-bond donors (Lipinski definition) is 1. The number of halogens is 1. The normalized spacial score (nSPS) is 15.7. The van der Waals surface area contributed by atoms with E-state index in [-0.39, 0.29) is 4.90 Å². The second-order valence-corrected chi connectivity index (χ2v) is 11.8. The molecule has 29 heavy (non-hydrogen) atoms. The van der Waals surface area contributed by atoms with Gasteiger partial charge in [0.2, 0.25) is 15.3 Å². The van der Waals surface area contributed by atoms with Crippen molar-refractivity contribution in [1.29, 1.82) is 0 Å². The number of rotatable bonds is 6. The van der Waals surface area contributed by atoms with Crippen molar-refractivity contribution in [2.45, 2.75) is 42.0 Å². The lowest BCUT2D eigenvalue weighted by atomic mass is 10.0. The van der Waals surface area contributed by atoms with E-state index in [4.69, 9.17) is 0 Å². The summed E-state index contributed by atoms with van der Waals surface area (Å²) in [6, 6.07) is 19.0. The Labute approximate surface area is 173 Å². The van der Waals surface area contributed by atoms with E-state index in [9.17, 15) is 12.6 Å². The van der Waals surface area contributed by atoms with E-state index in [1.54, 1.807) is 57.2 Å². The molecule has 3 rings (SSSR count). The third-order valence-electron chi connectivity index (χ3n) is 4.55. The van der Waals surface area contributed by atoms with Crippen molar-refractivity contribution in [3.8, 4) is 0 Å². The van der Waals surface area contributed by atoms with Gasteiger partial charge in [-0.15, -0.1) is 0 Å². The van der Waals surface area contributed by atoms with Crippen LogP contribution in [-0.4, -0.2) is 22.9 Å². The lowest BCUT2D eigenvalue weighted by molar-refractivity contribution is 0.354. The number of benzene rings is 3. The first-order valence-electron chi connectivity index (χ1n) is 9.20. The molecule has 3 aromatic rings. The van der Waals surface area contributed by atoms with E-state index < -0.39 is 37.1 Å². The number of hydrogen-bond acceptors (Lipinski definition) is 3.